The molecule has 0 unspecified atom stereocenters. The normalized spacial score (nSPS) is 21.8. The molecule has 0 N–H and O–H groups in total. The zero-order valence-corrected chi connectivity index (χ0v) is 19.6. The molecule has 0 aromatic heterocycles. The van der Waals surface area contributed by atoms with Crippen molar-refractivity contribution in [1.82, 2.24) is 14.8 Å². The average Bonchev–Trinajstić information content (AvgIpc) is 3.39. The van der Waals surface area contributed by atoms with E-state index in [1.54, 1.807) is 19.2 Å². The maximum Gasteiger partial charge on any atom is 0.254 e. The van der Waals surface area contributed by atoms with E-state index in [9.17, 15) is 9.59 Å². The highest BCUT2D eigenvalue weighted by Crippen LogP contribution is 2.37. The zero-order chi connectivity index (χ0) is 22.9. The van der Waals surface area contributed by atoms with Crippen molar-refractivity contribution in [3.63, 3.8) is 0 Å². The third kappa shape index (κ3) is 4.20. The number of carbonyl (C=O) groups is 2. The molecule has 32 heavy (non-hydrogen) atoms. The van der Waals surface area contributed by atoms with E-state index in [-0.39, 0.29) is 17.9 Å². The average molecular weight is 443 g/mol. The number of hydrogen-bond donors (Lipinski definition) is 0. The number of methoxy groups -OCH3 is 2. The van der Waals surface area contributed by atoms with Crippen LogP contribution in [0, 0.1) is 5.41 Å². The highest BCUT2D eigenvalue weighted by molar-refractivity contribution is 6.19. The predicted octanol–water partition coefficient (Wildman–Crippen LogP) is 2.36. The Labute approximate surface area is 190 Å². The number of nitrogens with zero attached hydrogens (tertiary/aromatic N) is 4. The topological polar surface area (TPSA) is 74.7 Å². The van der Waals surface area contributed by atoms with Crippen molar-refractivity contribution < 1.29 is 19.1 Å². The van der Waals surface area contributed by atoms with Crippen LogP contribution in [0.4, 0.5) is 0 Å². The second kappa shape index (κ2) is 9.10. The van der Waals surface area contributed by atoms with E-state index in [0.717, 1.165) is 37.2 Å². The lowest BCUT2D eigenvalue weighted by Crippen LogP contribution is -2.49. The summed E-state index contributed by atoms with van der Waals surface area (Å²) in [5.74, 6) is 1.46. The SMILES string of the molecule is COc1ccc(C2=NN(C3CCN(C(=O)CN4CCCC4)CC3)C(=O)C2(C)C)cc1OC. The van der Waals surface area contributed by atoms with Crippen LogP contribution in [0.5, 0.6) is 11.5 Å². The van der Waals surface area contributed by atoms with E-state index in [0.29, 0.717) is 31.1 Å². The number of likely N-dealkylation sites (tertiary alicyclic amines) is 2. The molecule has 0 aliphatic carbocycles. The molecule has 1 aromatic rings. The number of ether oxygens (including phenoxy) is 2. The number of hydrogen-bond acceptors (Lipinski definition) is 6. The Morgan fingerprint density at radius 3 is 2.34 bits per heavy atom. The van der Waals surface area contributed by atoms with Gasteiger partial charge in [-0.1, -0.05) is 0 Å². The van der Waals surface area contributed by atoms with Gasteiger partial charge in [0, 0.05) is 18.7 Å². The number of piperidine rings is 1. The van der Waals surface area contributed by atoms with Gasteiger partial charge in [-0.25, -0.2) is 5.01 Å². The molecule has 3 heterocycles. The van der Waals surface area contributed by atoms with Gasteiger partial charge >= 0.3 is 0 Å². The van der Waals surface area contributed by atoms with Crippen LogP contribution in [0.25, 0.3) is 0 Å². The van der Waals surface area contributed by atoms with Gasteiger partial charge in [0.2, 0.25) is 5.91 Å². The highest BCUT2D eigenvalue weighted by Gasteiger charge is 2.47. The standard InChI is InChI=1S/C24H34N4O4/c1-24(2)22(17-7-8-19(31-3)20(15-17)32-4)25-28(23(24)30)18-9-13-27(14-10-18)21(29)16-26-11-5-6-12-26/h7-8,15,18H,5-6,9-14,16H2,1-4H3. The third-order valence-electron chi connectivity index (χ3n) is 6.92. The summed E-state index contributed by atoms with van der Waals surface area (Å²) in [6.45, 7) is 7.73. The molecule has 2 fully saturated rings. The summed E-state index contributed by atoms with van der Waals surface area (Å²) >= 11 is 0. The highest BCUT2D eigenvalue weighted by atomic mass is 16.5. The molecule has 0 spiro atoms. The van der Waals surface area contributed by atoms with Crippen LogP contribution < -0.4 is 9.47 Å². The molecule has 8 nitrogen and oxygen atoms in total. The van der Waals surface area contributed by atoms with Crippen molar-refractivity contribution in [2.24, 2.45) is 10.5 Å². The van der Waals surface area contributed by atoms with Crippen molar-refractivity contribution in [3.05, 3.63) is 23.8 Å². The number of rotatable bonds is 6. The van der Waals surface area contributed by atoms with Crippen LogP contribution in [0.15, 0.2) is 23.3 Å². The summed E-state index contributed by atoms with van der Waals surface area (Å²) in [6, 6.07) is 5.63. The minimum Gasteiger partial charge on any atom is -0.493 e. The van der Waals surface area contributed by atoms with Crippen LogP contribution in [0.3, 0.4) is 0 Å². The van der Waals surface area contributed by atoms with Gasteiger partial charge in [-0.05, 0) is 70.8 Å². The van der Waals surface area contributed by atoms with Crippen LogP contribution in [-0.2, 0) is 9.59 Å². The second-order valence-electron chi connectivity index (χ2n) is 9.39. The van der Waals surface area contributed by atoms with Crippen molar-refractivity contribution in [1.29, 1.82) is 0 Å². The fraction of sp³-hybridized carbons (Fsp3) is 0.625. The number of carbonyl (C=O) groups excluding carboxylic acids is 2. The van der Waals surface area contributed by atoms with E-state index in [1.165, 1.54) is 12.8 Å². The maximum absolute atomic E-state index is 13.3. The predicted molar refractivity (Wildman–Crippen MR) is 122 cm³/mol. The van der Waals surface area contributed by atoms with Crippen molar-refractivity contribution in [2.75, 3.05) is 46.9 Å². The first-order chi connectivity index (χ1) is 15.3. The lowest BCUT2D eigenvalue weighted by molar-refractivity contribution is -0.139. The van der Waals surface area contributed by atoms with E-state index in [4.69, 9.17) is 14.6 Å². The van der Waals surface area contributed by atoms with E-state index in [1.807, 2.05) is 36.9 Å². The van der Waals surface area contributed by atoms with Crippen LogP contribution in [-0.4, -0.2) is 85.3 Å². The molecule has 3 aliphatic rings. The fourth-order valence-electron chi connectivity index (χ4n) is 4.91. The van der Waals surface area contributed by atoms with E-state index >= 15 is 0 Å². The van der Waals surface area contributed by atoms with Crippen LogP contribution in [0.2, 0.25) is 0 Å². The molecule has 0 atom stereocenters. The zero-order valence-electron chi connectivity index (χ0n) is 19.6. The molecule has 174 valence electrons. The Morgan fingerprint density at radius 2 is 1.72 bits per heavy atom. The monoisotopic (exact) mass is 442 g/mol. The molecule has 1 aromatic carbocycles. The molecular formula is C24H34N4O4. The number of hydrazone groups is 1. The summed E-state index contributed by atoms with van der Waals surface area (Å²) < 4.78 is 10.8. The van der Waals surface area contributed by atoms with E-state index < -0.39 is 5.41 Å². The molecule has 2 amide bonds. The Bertz CT molecular complexity index is 899. The quantitative estimate of drug-likeness (QED) is 0.676. The van der Waals surface area contributed by atoms with Crippen LogP contribution in [0.1, 0.15) is 45.1 Å². The lowest BCUT2D eigenvalue weighted by Gasteiger charge is -2.36. The smallest absolute Gasteiger partial charge is 0.254 e. The van der Waals surface area contributed by atoms with Gasteiger partial charge in [-0.2, -0.15) is 5.10 Å². The van der Waals surface area contributed by atoms with Gasteiger partial charge in [0.15, 0.2) is 11.5 Å². The molecular weight excluding hydrogens is 408 g/mol. The van der Waals surface area contributed by atoms with E-state index in [2.05, 4.69) is 4.90 Å². The summed E-state index contributed by atoms with van der Waals surface area (Å²) in [5.41, 5.74) is 0.847. The largest absolute Gasteiger partial charge is 0.493 e. The van der Waals surface area contributed by atoms with Gasteiger partial charge in [-0.15, -0.1) is 0 Å². The molecule has 2 saturated heterocycles. The fourth-order valence-corrected chi connectivity index (χ4v) is 4.91. The molecule has 0 bridgehead atoms. The summed E-state index contributed by atoms with van der Waals surface area (Å²) in [6.07, 6.45) is 3.86. The van der Waals surface area contributed by atoms with Gasteiger partial charge in [0.1, 0.15) is 0 Å². The first kappa shape index (κ1) is 22.6. The van der Waals surface area contributed by atoms with Crippen molar-refractivity contribution in [3.8, 4) is 11.5 Å². The summed E-state index contributed by atoms with van der Waals surface area (Å²) in [5, 5.41) is 6.45. The molecule has 0 radical (unpaired) electrons. The van der Waals surface area contributed by atoms with Gasteiger partial charge in [0.25, 0.3) is 5.91 Å². The second-order valence-corrected chi connectivity index (χ2v) is 9.39. The molecule has 3 aliphatic heterocycles. The third-order valence-corrected chi connectivity index (χ3v) is 6.92. The van der Waals surface area contributed by atoms with Gasteiger partial charge in [0.05, 0.1) is 37.9 Å². The molecule has 8 heteroatoms. The Hall–Kier alpha value is -2.61. The summed E-state index contributed by atoms with van der Waals surface area (Å²) in [4.78, 5) is 30.1. The van der Waals surface area contributed by atoms with Crippen molar-refractivity contribution >= 4 is 17.5 Å². The first-order valence-corrected chi connectivity index (χ1v) is 11.5. The maximum atomic E-state index is 13.3. The number of amides is 2. The van der Waals surface area contributed by atoms with Crippen molar-refractivity contribution in [2.45, 2.75) is 45.6 Å². The minimum absolute atomic E-state index is 0.00382. The van der Waals surface area contributed by atoms with Crippen LogP contribution >= 0.6 is 0 Å². The lowest BCUT2D eigenvalue weighted by atomic mass is 9.83. The Morgan fingerprint density at radius 1 is 1.06 bits per heavy atom. The Kier molecular flexibility index (Phi) is 6.42. The van der Waals surface area contributed by atoms with Gasteiger partial charge in [-0.3, -0.25) is 14.5 Å². The Balaban J connectivity index is 1.46. The summed E-state index contributed by atoms with van der Waals surface area (Å²) in [7, 11) is 3.20. The molecule has 0 saturated carbocycles. The molecule has 4 rings (SSSR count). The number of benzene rings is 1. The minimum atomic E-state index is -0.734. The van der Waals surface area contributed by atoms with Gasteiger partial charge < -0.3 is 14.4 Å². The first-order valence-electron chi connectivity index (χ1n) is 11.5.